The van der Waals surface area contributed by atoms with E-state index in [9.17, 15) is 14.9 Å². The molecule has 4 heterocycles. The number of hydrogen-bond donors (Lipinski definition) is 1. The Hall–Kier alpha value is -4.16. The fourth-order valence-corrected chi connectivity index (χ4v) is 5.64. The predicted octanol–water partition coefficient (Wildman–Crippen LogP) is 2.82. The Morgan fingerprint density at radius 3 is 2.67 bits per heavy atom. The van der Waals surface area contributed by atoms with E-state index in [1.54, 1.807) is 16.8 Å². The first-order valence-corrected chi connectivity index (χ1v) is 13.2. The summed E-state index contributed by atoms with van der Waals surface area (Å²) in [5.41, 5.74) is 3.27. The Morgan fingerprint density at radius 2 is 1.95 bits per heavy atom. The van der Waals surface area contributed by atoms with Gasteiger partial charge in [0, 0.05) is 56.2 Å². The molecule has 202 valence electrons. The van der Waals surface area contributed by atoms with Gasteiger partial charge in [0.05, 0.1) is 23.1 Å². The van der Waals surface area contributed by atoms with Crippen LogP contribution in [0.25, 0.3) is 10.9 Å². The molecule has 2 saturated heterocycles. The number of H-pyrrole nitrogens is 1. The van der Waals surface area contributed by atoms with Crippen LogP contribution in [-0.4, -0.2) is 73.9 Å². The van der Waals surface area contributed by atoms with Gasteiger partial charge >= 0.3 is 0 Å². The van der Waals surface area contributed by atoms with E-state index in [0.29, 0.717) is 44.1 Å². The van der Waals surface area contributed by atoms with E-state index in [4.69, 9.17) is 4.74 Å². The lowest BCUT2D eigenvalue weighted by Gasteiger charge is -2.39. The van der Waals surface area contributed by atoms with Gasteiger partial charge in [-0.2, -0.15) is 0 Å². The molecule has 2 aromatic heterocycles. The number of nitrogens with zero attached hydrogens (tertiary/aromatic N) is 7. The zero-order valence-corrected chi connectivity index (χ0v) is 21.7. The van der Waals surface area contributed by atoms with Crippen LogP contribution in [0.2, 0.25) is 0 Å². The highest BCUT2D eigenvalue weighted by Crippen LogP contribution is 2.30. The van der Waals surface area contributed by atoms with E-state index in [0.717, 1.165) is 41.6 Å². The lowest BCUT2D eigenvalue weighted by molar-refractivity contribution is -0.384. The van der Waals surface area contributed by atoms with Crippen LogP contribution in [0, 0.1) is 17.0 Å². The molecule has 0 aliphatic carbocycles. The molecule has 0 spiro atoms. The van der Waals surface area contributed by atoms with Crippen molar-refractivity contribution in [1.82, 2.24) is 30.1 Å². The maximum Gasteiger partial charge on any atom is 0.269 e. The molecule has 39 heavy (non-hydrogen) atoms. The van der Waals surface area contributed by atoms with Gasteiger partial charge in [0.15, 0.2) is 5.82 Å². The molecule has 1 N–H and O–H groups in total. The standard InChI is InChI=1S/C27H30N8O4/c1-18-4-2-5-19-16-23(27(36)28-24(18)19)25(26-29-30-31-34(26)17-22-6-3-15-39-22)33-13-11-32(12-14-33)20-7-9-21(10-8-20)35(37)38/h2,4-5,7-10,16,22,25H,3,6,11-15,17H2,1H3,(H,28,36)/t22-,25+/m1/s1. The quantitative estimate of drug-likeness (QED) is 0.283. The summed E-state index contributed by atoms with van der Waals surface area (Å²) >= 11 is 0. The maximum absolute atomic E-state index is 13.5. The van der Waals surface area contributed by atoms with Crippen LogP contribution in [0.3, 0.4) is 0 Å². The first-order chi connectivity index (χ1) is 19.0. The summed E-state index contributed by atoms with van der Waals surface area (Å²) in [6, 6.07) is 14.1. The summed E-state index contributed by atoms with van der Waals surface area (Å²) in [5, 5.41) is 24.7. The molecule has 2 atom stereocenters. The van der Waals surface area contributed by atoms with Gasteiger partial charge < -0.3 is 14.6 Å². The third-order valence-electron chi connectivity index (χ3n) is 7.72. The van der Waals surface area contributed by atoms with E-state index in [-0.39, 0.29) is 17.4 Å². The number of fused-ring (bicyclic) bond motifs is 1. The zero-order chi connectivity index (χ0) is 26.9. The number of nitro groups is 1. The summed E-state index contributed by atoms with van der Waals surface area (Å²) in [6.45, 7) is 5.93. The number of tetrazole rings is 1. The Balaban J connectivity index is 1.33. The Morgan fingerprint density at radius 1 is 1.15 bits per heavy atom. The van der Waals surface area contributed by atoms with Crippen molar-refractivity contribution in [2.75, 3.05) is 37.7 Å². The van der Waals surface area contributed by atoms with Crippen molar-refractivity contribution in [2.45, 2.75) is 38.5 Å². The van der Waals surface area contributed by atoms with Crippen LogP contribution in [-0.2, 0) is 11.3 Å². The number of hydrogen-bond acceptors (Lipinski definition) is 9. The largest absolute Gasteiger partial charge is 0.376 e. The Labute approximate surface area is 224 Å². The van der Waals surface area contributed by atoms with Crippen LogP contribution < -0.4 is 10.5 Å². The van der Waals surface area contributed by atoms with Gasteiger partial charge in [0.1, 0.15) is 6.04 Å². The molecular weight excluding hydrogens is 500 g/mol. The van der Waals surface area contributed by atoms with Crippen LogP contribution in [0.4, 0.5) is 11.4 Å². The van der Waals surface area contributed by atoms with Crippen molar-refractivity contribution in [3.8, 4) is 0 Å². The number of ether oxygens (including phenoxy) is 1. The third kappa shape index (κ3) is 5.00. The number of non-ortho nitro benzene ring substituents is 1. The van der Waals surface area contributed by atoms with Gasteiger partial charge in [-0.1, -0.05) is 18.2 Å². The molecule has 2 aliphatic heterocycles. The summed E-state index contributed by atoms with van der Waals surface area (Å²) < 4.78 is 7.63. The molecule has 6 rings (SSSR count). The molecule has 2 aromatic carbocycles. The van der Waals surface area contributed by atoms with Crippen LogP contribution in [0.15, 0.2) is 53.3 Å². The fraction of sp³-hybridized carbons (Fsp3) is 0.407. The summed E-state index contributed by atoms with van der Waals surface area (Å²) in [4.78, 5) is 31.7. The molecule has 0 saturated carbocycles. The van der Waals surface area contributed by atoms with Crippen molar-refractivity contribution in [2.24, 2.45) is 0 Å². The predicted molar refractivity (Wildman–Crippen MR) is 145 cm³/mol. The molecule has 2 fully saturated rings. The van der Waals surface area contributed by atoms with E-state index < -0.39 is 11.0 Å². The van der Waals surface area contributed by atoms with Gasteiger partial charge in [0.25, 0.3) is 11.2 Å². The van der Waals surface area contributed by atoms with E-state index in [1.165, 1.54) is 12.1 Å². The van der Waals surface area contributed by atoms with Crippen LogP contribution in [0.5, 0.6) is 0 Å². The minimum absolute atomic E-state index is 0.0458. The molecule has 12 heteroatoms. The van der Waals surface area contributed by atoms with E-state index in [1.807, 2.05) is 31.2 Å². The highest BCUT2D eigenvalue weighted by atomic mass is 16.6. The number of para-hydroxylation sites is 1. The second-order valence-electron chi connectivity index (χ2n) is 10.1. The minimum Gasteiger partial charge on any atom is -0.376 e. The minimum atomic E-state index is -0.450. The van der Waals surface area contributed by atoms with Crippen molar-refractivity contribution in [1.29, 1.82) is 0 Å². The number of pyridine rings is 1. The van der Waals surface area contributed by atoms with Crippen molar-refractivity contribution in [3.63, 3.8) is 0 Å². The summed E-state index contributed by atoms with van der Waals surface area (Å²) in [7, 11) is 0. The van der Waals surface area contributed by atoms with E-state index >= 15 is 0 Å². The summed E-state index contributed by atoms with van der Waals surface area (Å²) in [6.07, 6.45) is 2.01. The Bertz CT molecular complexity index is 1540. The molecule has 0 unspecified atom stereocenters. The van der Waals surface area contributed by atoms with E-state index in [2.05, 4.69) is 30.3 Å². The topological polar surface area (TPSA) is 135 Å². The SMILES string of the molecule is Cc1cccc2cc([C@@H](c3nnnn3C[C@H]3CCCO3)N3CCN(c4ccc([N+](=O)[O-])cc4)CC3)c(=O)[nH]c12. The first-order valence-electron chi connectivity index (χ1n) is 13.2. The van der Waals surface area contributed by atoms with Gasteiger partial charge in [0.2, 0.25) is 0 Å². The van der Waals surface area contributed by atoms with Crippen LogP contribution in [0.1, 0.15) is 35.8 Å². The van der Waals surface area contributed by atoms with Gasteiger partial charge in [-0.25, -0.2) is 4.68 Å². The van der Waals surface area contributed by atoms with Crippen molar-refractivity contribution in [3.05, 3.63) is 86.0 Å². The fourth-order valence-electron chi connectivity index (χ4n) is 5.64. The maximum atomic E-state index is 13.5. The molecule has 0 bridgehead atoms. The molecule has 0 radical (unpaired) electrons. The molecule has 12 nitrogen and oxygen atoms in total. The highest BCUT2D eigenvalue weighted by molar-refractivity contribution is 5.82. The normalized spacial score (nSPS) is 19.0. The average Bonchev–Trinajstić information content (AvgIpc) is 3.63. The van der Waals surface area contributed by atoms with Crippen molar-refractivity contribution < 1.29 is 9.66 Å². The second-order valence-corrected chi connectivity index (χ2v) is 10.1. The van der Waals surface area contributed by atoms with Crippen LogP contribution >= 0.6 is 0 Å². The van der Waals surface area contributed by atoms with Gasteiger partial charge in [-0.3, -0.25) is 19.8 Å². The van der Waals surface area contributed by atoms with Gasteiger partial charge in [-0.15, -0.1) is 5.10 Å². The number of nitrogens with one attached hydrogen (secondary N) is 1. The number of aromatic amines is 1. The smallest absolute Gasteiger partial charge is 0.269 e. The zero-order valence-electron chi connectivity index (χ0n) is 21.7. The molecule has 4 aromatic rings. The number of nitro benzene ring substituents is 1. The first kappa shape index (κ1) is 25.1. The third-order valence-corrected chi connectivity index (χ3v) is 7.72. The lowest BCUT2D eigenvalue weighted by atomic mass is 10.0. The second kappa shape index (κ2) is 10.5. The Kier molecular flexibility index (Phi) is 6.79. The summed E-state index contributed by atoms with van der Waals surface area (Å²) in [5.74, 6) is 0.617. The number of rotatable bonds is 7. The van der Waals surface area contributed by atoms with Crippen molar-refractivity contribution >= 4 is 22.3 Å². The van der Waals surface area contributed by atoms with Gasteiger partial charge in [-0.05, 0) is 59.3 Å². The number of piperazine rings is 1. The molecule has 2 aliphatic rings. The highest BCUT2D eigenvalue weighted by Gasteiger charge is 2.33. The molecule has 0 amide bonds. The number of aromatic nitrogens is 5. The average molecular weight is 531 g/mol. The number of aryl methyl sites for hydroxylation is 1. The number of benzene rings is 2. The lowest BCUT2D eigenvalue weighted by Crippen LogP contribution is -2.49. The monoisotopic (exact) mass is 530 g/mol. The number of anilines is 1. The molecular formula is C27H30N8O4.